The van der Waals surface area contributed by atoms with Crippen molar-refractivity contribution in [2.45, 2.75) is 0 Å². The zero-order valence-corrected chi connectivity index (χ0v) is 5.26. The molecular formula is C7H6N3. The Labute approximate surface area is 57.9 Å². The SMILES string of the molecule is Nc1cccc2[nH]n[c]c12. The van der Waals surface area contributed by atoms with E-state index in [0.717, 1.165) is 10.9 Å². The fraction of sp³-hybridized carbons (Fsp3) is 0. The highest BCUT2D eigenvalue weighted by Gasteiger charge is 1.96. The summed E-state index contributed by atoms with van der Waals surface area (Å²) in [6, 6.07) is 5.62. The van der Waals surface area contributed by atoms with Gasteiger partial charge in [-0.2, -0.15) is 5.10 Å². The lowest BCUT2D eigenvalue weighted by Crippen LogP contribution is -1.83. The molecule has 1 aromatic carbocycles. The maximum absolute atomic E-state index is 5.61. The number of hydrogen-bond acceptors (Lipinski definition) is 2. The maximum Gasteiger partial charge on any atom is 0.123 e. The summed E-state index contributed by atoms with van der Waals surface area (Å²) in [5, 5.41) is 7.37. The Hall–Kier alpha value is -1.51. The average molecular weight is 132 g/mol. The quantitative estimate of drug-likeness (QED) is 0.524. The summed E-state index contributed by atoms with van der Waals surface area (Å²) in [5.41, 5.74) is 7.25. The molecular weight excluding hydrogens is 126 g/mol. The van der Waals surface area contributed by atoms with Gasteiger partial charge in [-0.1, -0.05) is 6.07 Å². The number of fused-ring (bicyclic) bond motifs is 1. The third-order valence-electron chi connectivity index (χ3n) is 1.44. The molecule has 1 radical (unpaired) electrons. The number of anilines is 1. The topological polar surface area (TPSA) is 54.7 Å². The van der Waals surface area contributed by atoms with E-state index in [4.69, 9.17) is 5.73 Å². The van der Waals surface area contributed by atoms with Gasteiger partial charge < -0.3 is 5.73 Å². The van der Waals surface area contributed by atoms with Crippen LogP contribution in [0.15, 0.2) is 18.2 Å². The fourth-order valence-corrected chi connectivity index (χ4v) is 0.932. The van der Waals surface area contributed by atoms with Crippen LogP contribution in [-0.2, 0) is 0 Å². The van der Waals surface area contributed by atoms with Gasteiger partial charge in [0.2, 0.25) is 0 Å². The number of nitrogens with one attached hydrogen (secondary N) is 1. The molecule has 1 aromatic heterocycles. The predicted octanol–water partition coefficient (Wildman–Crippen LogP) is 0.945. The molecule has 0 aliphatic rings. The summed E-state index contributed by atoms with van der Waals surface area (Å²) in [7, 11) is 0. The first-order chi connectivity index (χ1) is 4.88. The van der Waals surface area contributed by atoms with Gasteiger partial charge in [-0.05, 0) is 12.1 Å². The first-order valence-corrected chi connectivity index (χ1v) is 2.98. The Morgan fingerprint density at radius 3 is 3.20 bits per heavy atom. The molecule has 0 atom stereocenters. The highest BCUT2D eigenvalue weighted by molar-refractivity contribution is 5.88. The lowest BCUT2D eigenvalue weighted by atomic mass is 10.2. The molecule has 3 nitrogen and oxygen atoms in total. The van der Waals surface area contributed by atoms with Gasteiger partial charge in [0.15, 0.2) is 0 Å². The molecule has 0 fully saturated rings. The first kappa shape index (κ1) is 5.29. The van der Waals surface area contributed by atoms with E-state index in [1.54, 1.807) is 0 Å². The molecule has 2 rings (SSSR count). The van der Waals surface area contributed by atoms with Crippen molar-refractivity contribution >= 4 is 16.6 Å². The van der Waals surface area contributed by atoms with Crippen LogP contribution in [0.5, 0.6) is 0 Å². The Bertz CT molecular complexity index is 350. The molecule has 49 valence electrons. The second-order valence-corrected chi connectivity index (χ2v) is 2.11. The van der Waals surface area contributed by atoms with Crippen molar-refractivity contribution in [3.8, 4) is 0 Å². The molecule has 0 spiro atoms. The number of rotatable bonds is 0. The third-order valence-corrected chi connectivity index (χ3v) is 1.44. The van der Waals surface area contributed by atoms with Crippen molar-refractivity contribution in [2.75, 3.05) is 5.73 Å². The summed E-state index contributed by atoms with van der Waals surface area (Å²) in [4.78, 5) is 0. The van der Waals surface area contributed by atoms with E-state index in [1.807, 2.05) is 18.2 Å². The second kappa shape index (κ2) is 1.73. The van der Waals surface area contributed by atoms with Crippen LogP contribution in [0.3, 0.4) is 0 Å². The molecule has 0 aliphatic carbocycles. The van der Waals surface area contributed by atoms with Gasteiger partial charge in [0.1, 0.15) is 6.20 Å². The molecule has 2 aromatic rings. The number of nitrogen functional groups attached to an aromatic ring is 1. The van der Waals surface area contributed by atoms with Gasteiger partial charge in [0.05, 0.1) is 10.9 Å². The fourth-order valence-electron chi connectivity index (χ4n) is 0.932. The molecule has 0 saturated heterocycles. The van der Waals surface area contributed by atoms with Gasteiger partial charge in [-0.3, -0.25) is 5.10 Å². The zero-order chi connectivity index (χ0) is 6.97. The van der Waals surface area contributed by atoms with Crippen molar-refractivity contribution in [2.24, 2.45) is 0 Å². The second-order valence-electron chi connectivity index (χ2n) is 2.11. The molecule has 1 heterocycles. The van der Waals surface area contributed by atoms with Crippen LogP contribution in [0.2, 0.25) is 0 Å². The summed E-state index contributed by atoms with van der Waals surface area (Å²) in [6.07, 6.45) is 2.76. The van der Waals surface area contributed by atoms with Crippen LogP contribution < -0.4 is 5.73 Å². The van der Waals surface area contributed by atoms with Crippen LogP contribution in [0, 0.1) is 6.20 Å². The molecule has 3 N–H and O–H groups in total. The molecule has 10 heavy (non-hydrogen) atoms. The van der Waals surface area contributed by atoms with Crippen molar-refractivity contribution in [3.05, 3.63) is 24.4 Å². The maximum atomic E-state index is 5.61. The van der Waals surface area contributed by atoms with E-state index < -0.39 is 0 Å². The number of nitrogens with two attached hydrogens (primary N) is 1. The van der Waals surface area contributed by atoms with E-state index >= 15 is 0 Å². The number of H-pyrrole nitrogens is 1. The highest BCUT2D eigenvalue weighted by Crippen LogP contribution is 2.16. The third kappa shape index (κ3) is 0.572. The number of hydrogen-bond donors (Lipinski definition) is 2. The van der Waals surface area contributed by atoms with Crippen LogP contribution in [0.4, 0.5) is 5.69 Å². The molecule has 0 unspecified atom stereocenters. The minimum Gasteiger partial charge on any atom is -0.398 e. The molecule has 0 bridgehead atoms. The van der Waals surface area contributed by atoms with Crippen molar-refractivity contribution in [1.29, 1.82) is 0 Å². The van der Waals surface area contributed by atoms with Gasteiger partial charge in [-0.15, -0.1) is 0 Å². The predicted molar refractivity (Wildman–Crippen MR) is 39.3 cm³/mol. The van der Waals surface area contributed by atoms with E-state index in [9.17, 15) is 0 Å². The Kier molecular flexibility index (Phi) is 0.917. The van der Waals surface area contributed by atoms with Crippen molar-refractivity contribution in [1.82, 2.24) is 10.2 Å². The summed E-state index contributed by atoms with van der Waals surface area (Å²) >= 11 is 0. The van der Waals surface area contributed by atoms with Gasteiger partial charge >= 0.3 is 0 Å². The highest BCUT2D eigenvalue weighted by atomic mass is 15.1. The van der Waals surface area contributed by atoms with Crippen LogP contribution in [0.1, 0.15) is 0 Å². The molecule has 0 amide bonds. The van der Waals surface area contributed by atoms with Crippen LogP contribution in [-0.4, -0.2) is 10.2 Å². The molecule has 3 heteroatoms. The van der Waals surface area contributed by atoms with E-state index in [-0.39, 0.29) is 0 Å². The van der Waals surface area contributed by atoms with Gasteiger partial charge in [0.25, 0.3) is 0 Å². The normalized spacial score (nSPS) is 10.4. The minimum atomic E-state index is 0.714. The van der Waals surface area contributed by atoms with E-state index in [0.29, 0.717) is 5.69 Å². The number of aromatic nitrogens is 2. The van der Waals surface area contributed by atoms with E-state index in [1.165, 1.54) is 0 Å². The van der Waals surface area contributed by atoms with E-state index in [2.05, 4.69) is 16.4 Å². The minimum absolute atomic E-state index is 0.714. The van der Waals surface area contributed by atoms with Crippen LogP contribution >= 0.6 is 0 Å². The van der Waals surface area contributed by atoms with Crippen LogP contribution in [0.25, 0.3) is 10.9 Å². The lowest BCUT2D eigenvalue weighted by Gasteiger charge is -1.90. The van der Waals surface area contributed by atoms with Gasteiger partial charge in [-0.25, -0.2) is 0 Å². The summed E-state index contributed by atoms with van der Waals surface area (Å²) in [5.74, 6) is 0. The monoisotopic (exact) mass is 132 g/mol. The Morgan fingerprint density at radius 1 is 1.50 bits per heavy atom. The summed E-state index contributed by atoms with van der Waals surface area (Å²) in [6.45, 7) is 0. The van der Waals surface area contributed by atoms with Gasteiger partial charge in [0, 0.05) is 5.69 Å². The number of aromatic amines is 1. The van der Waals surface area contributed by atoms with Crippen molar-refractivity contribution < 1.29 is 0 Å². The smallest absolute Gasteiger partial charge is 0.123 e. The lowest BCUT2D eigenvalue weighted by molar-refractivity contribution is 1.11. The average Bonchev–Trinajstić information content (AvgIpc) is 2.36. The standard InChI is InChI=1S/C7H6N3/c8-6-2-1-3-7-5(6)4-9-10-7/h1-3H,8H2,(H,9,10). The Morgan fingerprint density at radius 2 is 2.40 bits per heavy atom. The number of benzene rings is 1. The Balaban J connectivity index is 2.95. The number of nitrogens with zero attached hydrogens (tertiary/aromatic N) is 1. The summed E-state index contributed by atoms with van der Waals surface area (Å²) < 4.78 is 0. The first-order valence-electron chi connectivity index (χ1n) is 2.98. The molecule has 0 saturated carbocycles. The zero-order valence-electron chi connectivity index (χ0n) is 5.26. The molecule has 0 aliphatic heterocycles. The largest absolute Gasteiger partial charge is 0.398 e. The van der Waals surface area contributed by atoms with Crippen molar-refractivity contribution in [3.63, 3.8) is 0 Å².